The lowest BCUT2D eigenvalue weighted by molar-refractivity contribution is -0.142. The number of hydrogen-bond acceptors (Lipinski definition) is 4. The van der Waals surface area contributed by atoms with E-state index in [9.17, 15) is 9.59 Å². The van der Waals surface area contributed by atoms with Crippen LogP contribution in [0.2, 0.25) is 0 Å². The molecular formula is C13H24N2O3S. The molecule has 2 N–H and O–H groups in total. The Bertz CT molecular complexity index is 341. The molecule has 6 heteroatoms. The summed E-state index contributed by atoms with van der Waals surface area (Å²) in [5.41, 5.74) is 4.97. The number of rotatable bonds is 8. The number of ether oxygens (including phenoxy) is 1. The molecule has 0 heterocycles. The number of carbonyl (C=O) groups excluding carboxylic acids is 2. The van der Waals surface area contributed by atoms with Gasteiger partial charge in [-0.25, -0.2) is 0 Å². The summed E-state index contributed by atoms with van der Waals surface area (Å²) in [5.74, 6) is -0.345. The van der Waals surface area contributed by atoms with Crippen molar-refractivity contribution < 1.29 is 14.3 Å². The minimum absolute atomic E-state index is 0.0742. The molecule has 19 heavy (non-hydrogen) atoms. The van der Waals surface area contributed by atoms with Gasteiger partial charge < -0.3 is 15.4 Å². The van der Waals surface area contributed by atoms with Gasteiger partial charge in [-0.1, -0.05) is 26.1 Å². The maximum atomic E-state index is 12.5. The van der Waals surface area contributed by atoms with Crippen LogP contribution < -0.4 is 5.73 Å². The number of carbonyl (C=O) groups is 2. The third-order valence-electron chi connectivity index (χ3n) is 3.54. The molecule has 0 aliphatic heterocycles. The molecule has 0 aliphatic carbocycles. The highest BCUT2D eigenvalue weighted by Crippen LogP contribution is 2.29. The molecular weight excluding hydrogens is 264 g/mol. The van der Waals surface area contributed by atoms with Gasteiger partial charge in [0.15, 0.2) is 0 Å². The highest BCUT2D eigenvalue weighted by atomic mass is 32.1. The fourth-order valence-corrected chi connectivity index (χ4v) is 2.41. The molecule has 110 valence electrons. The van der Waals surface area contributed by atoms with Gasteiger partial charge in [0.1, 0.15) is 0 Å². The van der Waals surface area contributed by atoms with Crippen LogP contribution in [0.3, 0.4) is 0 Å². The zero-order chi connectivity index (χ0) is 15.1. The minimum atomic E-state index is -0.769. The molecule has 0 radical (unpaired) electrons. The molecule has 0 atom stereocenters. The Balaban J connectivity index is 4.61. The first-order valence-corrected chi connectivity index (χ1v) is 6.88. The van der Waals surface area contributed by atoms with Crippen molar-refractivity contribution in [3.8, 4) is 0 Å². The van der Waals surface area contributed by atoms with Crippen molar-refractivity contribution in [1.82, 2.24) is 4.90 Å². The minimum Gasteiger partial charge on any atom is -0.469 e. The summed E-state index contributed by atoms with van der Waals surface area (Å²) >= 11 is 5.05. The van der Waals surface area contributed by atoms with Crippen molar-refractivity contribution in [2.45, 2.75) is 39.5 Å². The molecule has 0 saturated carbocycles. The quantitative estimate of drug-likeness (QED) is 0.541. The monoisotopic (exact) mass is 288 g/mol. The van der Waals surface area contributed by atoms with Crippen LogP contribution in [-0.2, 0) is 14.3 Å². The second-order valence-corrected chi connectivity index (χ2v) is 5.00. The average molecular weight is 288 g/mol. The molecule has 0 aromatic rings. The van der Waals surface area contributed by atoms with Crippen molar-refractivity contribution in [2.24, 2.45) is 11.1 Å². The SMILES string of the molecule is CCC(CC)(C(=O)N(C)CCCC(=O)OC)C(N)=S. The molecule has 1 amide bonds. The van der Waals surface area contributed by atoms with Crippen LogP contribution in [0.25, 0.3) is 0 Å². The van der Waals surface area contributed by atoms with Crippen LogP contribution in [0.4, 0.5) is 0 Å². The summed E-state index contributed by atoms with van der Waals surface area (Å²) in [4.78, 5) is 25.3. The van der Waals surface area contributed by atoms with Crippen LogP contribution in [0.5, 0.6) is 0 Å². The van der Waals surface area contributed by atoms with Gasteiger partial charge in [-0.3, -0.25) is 9.59 Å². The van der Waals surface area contributed by atoms with Crippen LogP contribution in [0, 0.1) is 5.41 Å². The second kappa shape index (κ2) is 8.09. The van der Waals surface area contributed by atoms with Gasteiger partial charge >= 0.3 is 5.97 Å². The number of methoxy groups -OCH3 is 1. The Morgan fingerprint density at radius 2 is 1.84 bits per heavy atom. The first kappa shape index (κ1) is 17.8. The normalized spacial score (nSPS) is 10.9. The lowest BCUT2D eigenvalue weighted by Gasteiger charge is -2.33. The standard InChI is InChI=1S/C13H24N2O3S/c1-5-13(6-2,11(14)19)12(17)15(3)9-7-8-10(16)18-4/h5-9H2,1-4H3,(H2,14,19). The van der Waals surface area contributed by atoms with Gasteiger partial charge in [0.2, 0.25) is 5.91 Å². The molecule has 0 spiro atoms. The zero-order valence-electron chi connectivity index (χ0n) is 12.2. The molecule has 0 aromatic carbocycles. The summed E-state index contributed by atoms with van der Waals surface area (Å²) in [7, 11) is 3.06. The zero-order valence-corrected chi connectivity index (χ0v) is 13.0. The average Bonchev–Trinajstić information content (AvgIpc) is 2.39. The summed E-state index contributed by atoms with van der Waals surface area (Å²) in [6.07, 6.45) is 2.03. The third kappa shape index (κ3) is 4.45. The van der Waals surface area contributed by atoms with Gasteiger partial charge in [-0.15, -0.1) is 0 Å². The van der Waals surface area contributed by atoms with E-state index in [0.29, 0.717) is 32.2 Å². The number of thiocarbonyl (C=S) groups is 1. The van der Waals surface area contributed by atoms with Gasteiger partial charge in [-0.05, 0) is 19.3 Å². The fraction of sp³-hybridized carbons (Fsp3) is 0.769. The van der Waals surface area contributed by atoms with Crippen molar-refractivity contribution >= 4 is 29.1 Å². The van der Waals surface area contributed by atoms with E-state index in [2.05, 4.69) is 4.74 Å². The molecule has 0 aliphatic rings. The van der Waals surface area contributed by atoms with Crippen LogP contribution in [0.15, 0.2) is 0 Å². The van der Waals surface area contributed by atoms with E-state index in [0.717, 1.165) is 0 Å². The Morgan fingerprint density at radius 1 is 1.32 bits per heavy atom. The van der Waals surface area contributed by atoms with E-state index in [1.54, 1.807) is 11.9 Å². The summed E-state index contributed by atoms with van der Waals surface area (Å²) in [6.45, 7) is 4.30. The smallest absolute Gasteiger partial charge is 0.305 e. The maximum absolute atomic E-state index is 12.5. The molecule has 0 aromatic heterocycles. The van der Waals surface area contributed by atoms with E-state index in [4.69, 9.17) is 18.0 Å². The lowest BCUT2D eigenvalue weighted by Crippen LogP contribution is -2.49. The molecule has 0 unspecified atom stereocenters. The number of nitrogens with two attached hydrogens (primary N) is 1. The molecule has 0 rings (SSSR count). The number of hydrogen-bond donors (Lipinski definition) is 1. The first-order chi connectivity index (χ1) is 8.85. The largest absolute Gasteiger partial charge is 0.469 e. The molecule has 0 fully saturated rings. The van der Waals surface area contributed by atoms with Gasteiger partial charge in [-0.2, -0.15) is 0 Å². The van der Waals surface area contributed by atoms with Gasteiger partial charge in [0.05, 0.1) is 17.5 Å². The second-order valence-electron chi connectivity index (χ2n) is 4.56. The fourth-order valence-electron chi connectivity index (χ4n) is 2.04. The van der Waals surface area contributed by atoms with Crippen molar-refractivity contribution in [2.75, 3.05) is 20.7 Å². The molecule has 0 saturated heterocycles. The Kier molecular flexibility index (Phi) is 7.59. The van der Waals surface area contributed by atoms with Crippen molar-refractivity contribution in [3.05, 3.63) is 0 Å². The van der Waals surface area contributed by atoms with E-state index >= 15 is 0 Å². The van der Waals surface area contributed by atoms with E-state index in [-0.39, 0.29) is 16.9 Å². The van der Waals surface area contributed by atoms with E-state index in [1.165, 1.54) is 7.11 Å². The van der Waals surface area contributed by atoms with Gasteiger partial charge in [0, 0.05) is 20.0 Å². The van der Waals surface area contributed by atoms with Crippen LogP contribution in [0.1, 0.15) is 39.5 Å². The molecule has 0 bridgehead atoms. The summed E-state index contributed by atoms with van der Waals surface area (Å²) in [5, 5.41) is 0. The highest BCUT2D eigenvalue weighted by molar-refractivity contribution is 7.80. The Hall–Kier alpha value is -1.17. The van der Waals surface area contributed by atoms with Crippen molar-refractivity contribution in [3.63, 3.8) is 0 Å². The predicted molar refractivity (Wildman–Crippen MR) is 78.7 cm³/mol. The van der Waals surface area contributed by atoms with Gasteiger partial charge in [0.25, 0.3) is 0 Å². The number of esters is 1. The predicted octanol–water partition coefficient (Wildman–Crippen LogP) is 1.49. The maximum Gasteiger partial charge on any atom is 0.305 e. The highest BCUT2D eigenvalue weighted by Gasteiger charge is 2.39. The number of amides is 1. The Labute approximate surface area is 120 Å². The Morgan fingerprint density at radius 3 is 2.21 bits per heavy atom. The topological polar surface area (TPSA) is 72.6 Å². The van der Waals surface area contributed by atoms with Crippen LogP contribution in [-0.4, -0.2) is 42.5 Å². The molecule has 5 nitrogen and oxygen atoms in total. The van der Waals surface area contributed by atoms with Crippen molar-refractivity contribution in [1.29, 1.82) is 0 Å². The van der Waals surface area contributed by atoms with Crippen LogP contribution >= 0.6 is 12.2 Å². The first-order valence-electron chi connectivity index (χ1n) is 6.48. The van der Waals surface area contributed by atoms with E-state index in [1.807, 2.05) is 13.8 Å². The number of nitrogens with zero attached hydrogens (tertiary/aromatic N) is 1. The lowest BCUT2D eigenvalue weighted by atomic mass is 9.81. The summed E-state index contributed by atoms with van der Waals surface area (Å²) in [6, 6.07) is 0. The van der Waals surface area contributed by atoms with E-state index < -0.39 is 5.41 Å². The third-order valence-corrected chi connectivity index (χ3v) is 3.93. The summed E-state index contributed by atoms with van der Waals surface area (Å²) < 4.78 is 4.56.